The van der Waals surface area contributed by atoms with Crippen LogP contribution in [0, 0.1) is 5.92 Å². The predicted molar refractivity (Wildman–Crippen MR) is 71.5 cm³/mol. The van der Waals surface area contributed by atoms with E-state index in [1.165, 1.54) is 5.56 Å². The number of carbonyl (C=O) groups is 1. The summed E-state index contributed by atoms with van der Waals surface area (Å²) < 4.78 is 0. The first-order chi connectivity index (χ1) is 8.40. The van der Waals surface area contributed by atoms with Gasteiger partial charge in [-0.2, -0.15) is 0 Å². The van der Waals surface area contributed by atoms with Crippen molar-refractivity contribution in [3.05, 3.63) is 35.4 Å². The molecule has 0 heterocycles. The minimum Gasteiger partial charge on any atom is -0.481 e. The van der Waals surface area contributed by atoms with E-state index in [9.17, 15) is 9.90 Å². The molecule has 0 amide bonds. The number of benzene rings is 1. The van der Waals surface area contributed by atoms with Gasteiger partial charge in [-0.05, 0) is 29.4 Å². The Bertz CT molecular complexity index is 381. The van der Waals surface area contributed by atoms with Gasteiger partial charge in [0.25, 0.3) is 0 Å². The highest BCUT2D eigenvalue weighted by Gasteiger charge is 2.15. The monoisotopic (exact) mass is 250 g/mol. The van der Waals surface area contributed by atoms with Crippen LogP contribution in [-0.2, 0) is 4.79 Å². The third kappa shape index (κ3) is 4.49. The predicted octanol–water partition coefficient (Wildman–Crippen LogP) is 3.34. The first-order valence-electron chi connectivity index (χ1n) is 6.39. The molecule has 0 saturated heterocycles. The van der Waals surface area contributed by atoms with Gasteiger partial charge in [0, 0.05) is 6.42 Å². The standard InChI is InChI=1S/C15H22O3/c1-10(2)12-4-6-13(7-5-12)14(16)8-11(3)9-15(17)18/h4-7,10-11,14,16H,8-9H2,1-3H3,(H,17,18). The third-order valence-corrected chi connectivity index (χ3v) is 3.14. The van der Waals surface area contributed by atoms with Crippen LogP contribution in [0.15, 0.2) is 24.3 Å². The zero-order chi connectivity index (χ0) is 13.7. The van der Waals surface area contributed by atoms with E-state index in [4.69, 9.17) is 5.11 Å². The highest BCUT2D eigenvalue weighted by atomic mass is 16.4. The van der Waals surface area contributed by atoms with Crippen molar-refractivity contribution in [3.8, 4) is 0 Å². The van der Waals surface area contributed by atoms with Crippen molar-refractivity contribution in [2.75, 3.05) is 0 Å². The van der Waals surface area contributed by atoms with E-state index >= 15 is 0 Å². The van der Waals surface area contributed by atoms with Crippen molar-refractivity contribution >= 4 is 5.97 Å². The molecule has 3 heteroatoms. The Morgan fingerprint density at radius 3 is 2.06 bits per heavy atom. The second-order valence-corrected chi connectivity index (χ2v) is 5.28. The zero-order valence-electron chi connectivity index (χ0n) is 11.3. The summed E-state index contributed by atoms with van der Waals surface area (Å²) in [5, 5.41) is 18.7. The largest absolute Gasteiger partial charge is 0.481 e. The van der Waals surface area contributed by atoms with Crippen molar-refractivity contribution in [2.24, 2.45) is 5.92 Å². The lowest BCUT2D eigenvalue weighted by Gasteiger charge is -2.16. The lowest BCUT2D eigenvalue weighted by Crippen LogP contribution is -2.09. The van der Waals surface area contributed by atoms with Gasteiger partial charge in [-0.3, -0.25) is 4.79 Å². The topological polar surface area (TPSA) is 57.5 Å². The Hall–Kier alpha value is -1.35. The summed E-state index contributed by atoms with van der Waals surface area (Å²) in [6.45, 7) is 6.10. The fourth-order valence-electron chi connectivity index (χ4n) is 2.00. The van der Waals surface area contributed by atoms with Crippen LogP contribution in [0.3, 0.4) is 0 Å². The van der Waals surface area contributed by atoms with Crippen molar-refractivity contribution < 1.29 is 15.0 Å². The van der Waals surface area contributed by atoms with E-state index in [-0.39, 0.29) is 12.3 Å². The van der Waals surface area contributed by atoms with E-state index < -0.39 is 12.1 Å². The molecule has 0 radical (unpaired) electrons. The molecular weight excluding hydrogens is 228 g/mol. The summed E-state index contributed by atoms with van der Waals surface area (Å²) in [5.74, 6) is -0.366. The minimum atomic E-state index is -0.815. The van der Waals surface area contributed by atoms with Crippen LogP contribution in [0.1, 0.15) is 56.8 Å². The molecule has 0 aromatic heterocycles. The summed E-state index contributed by atoms with van der Waals surface area (Å²) >= 11 is 0. The molecule has 2 atom stereocenters. The van der Waals surface area contributed by atoms with Gasteiger partial charge in [0.2, 0.25) is 0 Å². The number of carboxylic acid groups (broad SMARTS) is 1. The van der Waals surface area contributed by atoms with Gasteiger partial charge in [0.15, 0.2) is 0 Å². The molecule has 2 unspecified atom stereocenters. The molecule has 1 rings (SSSR count). The minimum absolute atomic E-state index is 0.0257. The van der Waals surface area contributed by atoms with Crippen LogP contribution in [0.4, 0.5) is 0 Å². The van der Waals surface area contributed by atoms with Crippen LogP contribution in [0.2, 0.25) is 0 Å². The summed E-state index contributed by atoms with van der Waals surface area (Å²) in [6.07, 6.45) is -0.00497. The maximum atomic E-state index is 10.6. The smallest absolute Gasteiger partial charge is 0.303 e. The lowest BCUT2D eigenvalue weighted by atomic mass is 9.94. The Labute approximate surface area is 108 Å². The molecule has 1 aromatic rings. The quantitative estimate of drug-likeness (QED) is 0.814. The average molecular weight is 250 g/mol. The van der Waals surface area contributed by atoms with E-state index in [1.807, 2.05) is 31.2 Å². The molecule has 0 aliphatic heterocycles. The first-order valence-corrected chi connectivity index (χ1v) is 6.39. The van der Waals surface area contributed by atoms with Gasteiger partial charge in [-0.25, -0.2) is 0 Å². The van der Waals surface area contributed by atoms with Crippen molar-refractivity contribution in [1.82, 2.24) is 0 Å². The molecule has 0 aliphatic rings. The van der Waals surface area contributed by atoms with E-state index in [1.54, 1.807) is 0 Å². The maximum absolute atomic E-state index is 10.6. The lowest BCUT2D eigenvalue weighted by molar-refractivity contribution is -0.138. The van der Waals surface area contributed by atoms with Gasteiger partial charge in [0.05, 0.1) is 6.10 Å². The number of aliphatic carboxylic acids is 1. The van der Waals surface area contributed by atoms with Gasteiger partial charge in [0.1, 0.15) is 0 Å². The molecule has 0 aliphatic carbocycles. The number of aliphatic hydroxyl groups is 1. The zero-order valence-corrected chi connectivity index (χ0v) is 11.3. The Morgan fingerprint density at radius 2 is 1.61 bits per heavy atom. The summed E-state index contributed by atoms with van der Waals surface area (Å²) in [4.78, 5) is 10.6. The Morgan fingerprint density at radius 1 is 1.11 bits per heavy atom. The highest BCUT2D eigenvalue weighted by molar-refractivity contribution is 5.66. The van der Waals surface area contributed by atoms with Crippen molar-refractivity contribution in [3.63, 3.8) is 0 Å². The first kappa shape index (κ1) is 14.7. The highest BCUT2D eigenvalue weighted by Crippen LogP contribution is 2.24. The maximum Gasteiger partial charge on any atom is 0.303 e. The van der Waals surface area contributed by atoms with Gasteiger partial charge >= 0.3 is 5.97 Å². The van der Waals surface area contributed by atoms with Crippen LogP contribution >= 0.6 is 0 Å². The number of rotatable bonds is 6. The van der Waals surface area contributed by atoms with Gasteiger partial charge < -0.3 is 10.2 Å². The van der Waals surface area contributed by atoms with E-state index in [2.05, 4.69) is 13.8 Å². The SMILES string of the molecule is CC(CC(=O)O)CC(O)c1ccc(C(C)C)cc1. The van der Waals surface area contributed by atoms with Crippen LogP contribution in [0.25, 0.3) is 0 Å². The Kier molecular flexibility index (Phi) is 5.35. The van der Waals surface area contributed by atoms with Crippen LogP contribution in [-0.4, -0.2) is 16.2 Å². The number of hydrogen-bond acceptors (Lipinski definition) is 2. The molecule has 1 aromatic carbocycles. The molecule has 0 spiro atoms. The fraction of sp³-hybridized carbons (Fsp3) is 0.533. The van der Waals surface area contributed by atoms with Gasteiger partial charge in [-0.1, -0.05) is 45.0 Å². The molecule has 0 fully saturated rings. The normalized spacial score (nSPS) is 14.5. The number of aliphatic hydroxyl groups excluding tert-OH is 1. The van der Waals surface area contributed by atoms with E-state index in [0.717, 1.165) is 5.56 Å². The molecule has 3 nitrogen and oxygen atoms in total. The summed E-state index contributed by atoms with van der Waals surface area (Å²) in [7, 11) is 0. The van der Waals surface area contributed by atoms with Crippen LogP contribution < -0.4 is 0 Å². The number of carboxylic acids is 1. The Balaban J connectivity index is 2.61. The third-order valence-electron chi connectivity index (χ3n) is 3.14. The van der Waals surface area contributed by atoms with Crippen molar-refractivity contribution in [1.29, 1.82) is 0 Å². The molecular formula is C15H22O3. The molecule has 0 bridgehead atoms. The molecule has 18 heavy (non-hydrogen) atoms. The van der Waals surface area contributed by atoms with Crippen LogP contribution in [0.5, 0.6) is 0 Å². The average Bonchev–Trinajstić information content (AvgIpc) is 2.27. The summed E-state index contributed by atoms with van der Waals surface area (Å²) in [6, 6.07) is 7.89. The number of hydrogen-bond donors (Lipinski definition) is 2. The molecule has 2 N–H and O–H groups in total. The van der Waals surface area contributed by atoms with Crippen molar-refractivity contribution in [2.45, 2.75) is 45.6 Å². The second kappa shape index (κ2) is 6.55. The van der Waals surface area contributed by atoms with E-state index in [0.29, 0.717) is 12.3 Å². The van der Waals surface area contributed by atoms with Gasteiger partial charge in [-0.15, -0.1) is 0 Å². The fourth-order valence-corrected chi connectivity index (χ4v) is 2.00. The molecule has 100 valence electrons. The second-order valence-electron chi connectivity index (χ2n) is 5.28. The molecule has 0 saturated carbocycles. The summed E-state index contributed by atoms with van der Waals surface area (Å²) in [5.41, 5.74) is 2.10.